The van der Waals surface area contributed by atoms with Gasteiger partial charge in [0.1, 0.15) is 12.1 Å². The lowest BCUT2D eigenvalue weighted by atomic mass is 10.0. The van der Waals surface area contributed by atoms with Gasteiger partial charge >= 0.3 is 6.18 Å². The molecule has 5 nitrogen and oxygen atoms in total. The zero-order valence-corrected chi connectivity index (χ0v) is 9.54. The molecule has 0 rings (SSSR count). The molecule has 0 saturated heterocycles. The van der Waals surface area contributed by atoms with E-state index in [-0.39, 0.29) is 6.42 Å². The van der Waals surface area contributed by atoms with Crippen molar-refractivity contribution < 1.29 is 21.6 Å². The zero-order valence-electron chi connectivity index (χ0n) is 8.72. The van der Waals surface area contributed by atoms with Gasteiger partial charge in [0.25, 0.3) is 10.2 Å². The number of hydrogen-bond donors (Lipinski definition) is 2. The average molecular weight is 259 g/mol. The molecule has 0 aliphatic heterocycles. The van der Waals surface area contributed by atoms with E-state index in [0.29, 0.717) is 0 Å². The minimum absolute atomic E-state index is 0.135. The van der Waals surface area contributed by atoms with Crippen molar-refractivity contribution in [1.29, 1.82) is 5.26 Å². The summed E-state index contributed by atoms with van der Waals surface area (Å²) in [6.07, 6.45) is -4.50. The van der Waals surface area contributed by atoms with Crippen molar-refractivity contribution in [3.63, 3.8) is 0 Å². The molecule has 94 valence electrons. The van der Waals surface area contributed by atoms with Crippen molar-refractivity contribution in [3.05, 3.63) is 0 Å². The van der Waals surface area contributed by atoms with Crippen molar-refractivity contribution in [2.75, 3.05) is 6.54 Å². The van der Waals surface area contributed by atoms with E-state index in [9.17, 15) is 21.6 Å². The fourth-order valence-electron chi connectivity index (χ4n) is 0.684. The first-order chi connectivity index (χ1) is 7.04. The predicted molar refractivity (Wildman–Crippen MR) is 50.4 cm³/mol. The standard InChI is InChI=1S/C7H12F3N3O2S/c1-3-6(2,4-11)13-16(14,15)12-5-7(8,9)10/h12-13H,3,5H2,1-2H3. The number of nitrogens with zero attached hydrogens (tertiary/aromatic N) is 1. The summed E-state index contributed by atoms with van der Waals surface area (Å²) in [7, 11) is -4.34. The van der Waals surface area contributed by atoms with Crippen LogP contribution in [0.15, 0.2) is 0 Å². The molecule has 0 aliphatic rings. The second kappa shape index (κ2) is 4.99. The number of nitriles is 1. The molecule has 0 aromatic rings. The Morgan fingerprint density at radius 3 is 2.19 bits per heavy atom. The Hall–Kier alpha value is -0.850. The molecule has 0 aromatic carbocycles. The Morgan fingerprint density at radius 1 is 1.38 bits per heavy atom. The molecule has 0 saturated carbocycles. The van der Waals surface area contributed by atoms with E-state index in [4.69, 9.17) is 5.26 Å². The van der Waals surface area contributed by atoms with Crippen LogP contribution >= 0.6 is 0 Å². The first kappa shape index (κ1) is 15.2. The van der Waals surface area contributed by atoms with Gasteiger partial charge < -0.3 is 0 Å². The lowest BCUT2D eigenvalue weighted by molar-refractivity contribution is -0.121. The van der Waals surface area contributed by atoms with Crippen LogP contribution in [0.2, 0.25) is 0 Å². The highest BCUT2D eigenvalue weighted by molar-refractivity contribution is 7.87. The van der Waals surface area contributed by atoms with Crippen LogP contribution in [0, 0.1) is 11.3 Å². The number of hydrogen-bond acceptors (Lipinski definition) is 3. The predicted octanol–water partition coefficient (Wildman–Crippen LogP) is 0.665. The van der Waals surface area contributed by atoms with Gasteiger partial charge in [-0.3, -0.25) is 0 Å². The van der Waals surface area contributed by atoms with Crippen molar-refractivity contribution >= 4 is 10.2 Å². The third-order valence-corrected chi connectivity index (χ3v) is 3.02. The van der Waals surface area contributed by atoms with Gasteiger partial charge in [0.2, 0.25) is 0 Å². The van der Waals surface area contributed by atoms with Gasteiger partial charge in [-0.25, -0.2) is 0 Å². The van der Waals surface area contributed by atoms with Crippen LogP contribution in [-0.4, -0.2) is 26.7 Å². The zero-order chi connectivity index (χ0) is 13.0. The minimum atomic E-state index is -4.63. The topological polar surface area (TPSA) is 82.0 Å². The van der Waals surface area contributed by atoms with Gasteiger partial charge in [0.15, 0.2) is 0 Å². The third kappa shape index (κ3) is 5.89. The van der Waals surface area contributed by atoms with E-state index in [1.54, 1.807) is 6.07 Å². The molecule has 0 spiro atoms. The van der Waals surface area contributed by atoms with Gasteiger partial charge in [0, 0.05) is 0 Å². The Morgan fingerprint density at radius 2 is 1.88 bits per heavy atom. The number of halogens is 3. The van der Waals surface area contributed by atoms with E-state index in [1.165, 1.54) is 18.6 Å². The van der Waals surface area contributed by atoms with Gasteiger partial charge in [0.05, 0.1) is 6.07 Å². The van der Waals surface area contributed by atoms with Gasteiger partial charge in [-0.2, -0.15) is 36.3 Å². The molecule has 0 heterocycles. The Balaban J connectivity index is 4.55. The van der Waals surface area contributed by atoms with Crippen LogP contribution in [0.5, 0.6) is 0 Å². The molecule has 0 radical (unpaired) electrons. The lowest BCUT2D eigenvalue weighted by Gasteiger charge is -2.21. The maximum atomic E-state index is 11.8. The van der Waals surface area contributed by atoms with Crippen molar-refractivity contribution in [2.24, 2.45) is 0 Å². The highest BCUT2D eigenvalue weighted by atomic mass is 32.2. The summed E-state index contributed by atoms with van der Waals surface area (Å²) in [5, 5.41) is 8.65. The van der Waals surface area contributed by atoms with E-state index in [2.05, 4.69) is 0 Å². The van der Waals surface area contributed by atoms with Crippen molar-refractivity contribution in [3.8, 4) is 6.07 Å². The number of rotatable bonds is 5. The maximum Gasteiger partial charge on any atom is 0.402 e. The van der Waals surface area contributed by atoms with Crippen LogP contribution in [0.4, 0.5) is 13.2 Å². The monoisotopic (exact) mass is 259 g/mol. The fraction of sp³-hybridized carbons (Fsp3) is 0.857. The summed E-state index contributed by atoms with van der Waals surface area (Å²) in [5.41, 5.74) is -1.42. The first-order valence-corrected chi connectivity index (χ1v) is 5.78. The summed E-state index contributed by atoms with van der Waals surface area (Å²) in [5.74, 6) is 0. The van der Waals surface area contributed by atoms with Crippen LogP contribution < -0.4 is 9.44 Å². The molecule has 1 atom stereocenters. The van der Waals surface area contributed by atoms with Crippen molar-refractivity contribution in [1.82, 2.24) is 9.44 Å². The van der Waals surface area contributed by atoms with Crippen LogP contribution in [0.25, 0.3) is 0 Å². The van der Waals surface area contributed by atoms with Crippen LogP contribution in [0.3, 0.4) is 0 Å². The largest absolute Gasteiger partial charge is 0.402 e. The number of nitrogens with one attached hydrogen (secondary N) is 2. The van der Waals surface area contributed by atoms with E-state index >= 15 is 0 Å². The summed E-state index contributed by atoms with van der Waals surface area (Å²) < 4.78 is 60.7. The lowest BCUT2D eigenvalue weighted by Crippen LogP contribution is -2.51. The average Bonchev–Trinajstić information content (AvgIpc) is 2.13. The highest BCUT2D eigenvalue weighted by Gasteiger charge is 2.32. The van der Waals surface area contributed by atoms with Crippen LogP contribution in [-0.2, 0) is 10.2 Å². The summed E-state index contributed by atoms with van der Waals surface area (Å²) >= 11 is 0. The molecule has 0 aromatic heterocycles. The second-order valence-corrected chi connectivity index (χ2v) is 4.84. The molecule has 16 heavy (non-hydrogen) atoms. The molecular formula is C7H12F3N3O2S. The fourth-order valence-corrected chi connectivity index (χ4v) is 1.89. The SMILES string of the molecule is CCC(C)(C#N)NS(=O)(=O)NCC(F)(F)F. The van der Waals surface area contributed by atoms with Gasteiger partial charge in [-0.05, 0) is 13.3 Å². The van der Waals surface area contributed by atoms with Crippen LogP contribution in [0.1, 0.15) is 20.3 Å². The summed E-state index contributed by atoms with van der Waals surface area (Å²) in [6, 6.07) is 1.67. The first-order valence-electron chi connectivity index (χ1n) is 4.30. The smallest absolute Gasteiger partial charge is 0.196 e. The normalized spacial score (nSPS) is 16.5. The van der Waals surface area contributed by atoms with E-state index < -0.39 is 28.5 Å². The summed E-state index contributed by atoms with van der Waals surface area (Å²) in [4.78, 5) is 0. The number of alkyl halides is 3. The Labute approximate surface area is 91.8 Å². The molecule has 2 N–H and O–H groups in total. The van der Waals surface area contributed by atoms with E-state index in [1.807, 2.05) is 4.72 Å². The van der Waals surface area contributed by atoms with Gasteiger partial charge in [-0.15, -0.1) is 0 Å². The minimum Gasteiger partial charge on any atom is -0.196 e. The molecule has 0 bridgehead atoms. The molecule has 0 amide bonds. The van der Waals surface area contributed by atoms with E-state index in [0.717, 1.165) is 0 Å². The second-order valence-electron chi connectivity index (χ2n) is 3.34. The Bertz CT molecular complexity index is 373. The quantitative estimate of drug-likeness (QED) is 0.761. The molecule has 1 unspecified atom stereocenters. The van der Waals surface area contributed by atoms with Crippen molar-refractivity contribution in [2.45, 2.75) is 32.0 Å². The van der Waals surface area contributed by atoms with Gasteiger partial charge in [-0.1, -0.05) is 6.92 Å². The highest BCUT2D eigenvalue weighted by Crippen LogP contribution is 2.13. The molecule has 0 aliphatic carbocycles. The Kier molecular flexibility index (Phi) is 4.72. The molecule has 9 heteroatoms. The third-order valence-electron chi connectivity index (χ3n) is 1.78. The molecular weight excluding hydrogens is 247 g/mol. The summed E-state index contributed by atoms with van der Waals surface area (Å²) in [6.45, 7) is 1.14. The maximum absolute atomic E-state index is 11.8. The molecule has 0 fully saturated rings.